The van der Waals surface area contributed by atoms with Crippen molar-refractivity contribution in [1.82, 2.24) is 4.90 Å². The minimum absolute atomic E-state index is 0.0986. The van der Waals surface area contributed by atoms with Crippen molar-refractivity contribution in [2.75, 3.05) is 13.1 Å². The fraction of sp³-hybridized carbons (Fsp3) is 0.909. The van der Waals surface area contributed by atoms with Crippen LogP contribution in [0.25, 0.3) is 0 Å². The van der Waals surface area contributed by atoms with Crippen LogP contribution in [0.15, 0.2) is 0 Å². The molecule has 4 nitrogen and oxygen atoms in total. The van der Waals surface area contributed by atoms with Gasteiger partial charge in [0.1, 0.15) is 0 Å². The fourth-order valence-corrected chi connectivity index (χ4v) is 2.62. The maximum atomic E-state index is 10.9. The molecule has 0 aromatic heterocycles. The zero-order valence-corrected chi connectivity index (χ0v) is 9.31. The van der Waals surface area contributed by atoms with Gasteiger partial charge in [-0.05, 0) is 12.8 Å². The molecule has 86 valence electrons. The van der Waals surface area contributed by atoms with Crippen LogP contribution in [0.2, 0.25) is 0 Å². The third-order valence-corrected chi connectivity index (χ3v) is 3.94. The highest BCUT2D eigenvalue weighted by molar-refractivity contribution is 5.72. The van der Waals surface area contributed by atoms with Crippen molar-refractivity contribution in [2.24, 2.45) is 11.3 Å². The molecule has 0 spiro atoms. The summed E-state index contributed by atoms with van der Waals surface area (Å²) in [6.07, 6.45) is 1.42. The number of carboxylic acids is 1. The SMILES string of the molecule is CC1(C)CN(C2CCC2C(=O)O)CC1O. The molecule has 0 bridgehead atoms. The molecule has 2 fully saturated rings. The van der Waals surface area contributed by atoms with Crippen LogP contribution < -0.4 is 0 Å². The van der Waals surface area contributed by atoms with Crippen LogP contribution >= 0.6 is 0 Å². The highest BCUT2D eigenvalue weighted by Gasteiger charge is 2.47. The van der Waals surface area contributed by atoms with Crippen molar-refractivity contribution in [3.8, 4) is 0 Å². The lowest BCUT2D eigenvalue weighted by Crippen LogP contribution is -2.49. The van der Waals surface area contributed by atoms with Gasteiger partial charge in [-0.3, -0.25) is 9.69 Å². The molecule has 0 aromatic carbocycles. The van der Waals surface area contributed by atoms with Crippen LogP contribution in [-0.2, 0) is 4.79 Å². The van der Waals surface area contributed by atoms with Crippen LogP contribution in [0.4, 0.5) is 0 Å². The van der Waals surface area contributed by atoms with Crippen LogP contribution in [-0.4, -0.2) is 46.3 Å². The Morgan fingerprint density at radius 1 is 1.40 bits per heavy atom. The normalized spacial score (nSPS) is 40.1. The number of carboxylic acid groups (broad SMARTS) is 1. The molecule has 15 heavy (non-hydrogen) atoms. The number of nitrogens with zero attached hydrogens (tertiary/aromatic N) is 1. The molecule has 2 N–H and O–H groups in total. The summed E-state index contributed by atoms with van der Waals surface area (Å²) < 4.78 is 0. The summed E-state index contributed by atoms with van der Waals surface area (Å²) in [5, 5.41) is 18.8. The second kappa shape index (κ2) is 3.46. The molecule has 0 radical (unpaired) electrons. The molecule has 3 unspecified atom stereocenters. The highest BCUT2D eigenvalue weighted by Crippen LogP contribution is 2.39. The Kier molecular flexibility index (Phi) is 2.51. The van der Waals surface area contributed by atoms with Gasteiger partial charge in [0.25, 0.3) is 0 Å². The van der Waals surface area contributed by atoms with Crippen LogP contribution in [0.1, 0.15) is 26.7 Å². The van der Waals surface area contributed by atoms with Crippen molar-refractivity contribution >= 4 is 5.97 Å². The first-order chi connectivity index (χ1) is 6.92. The summed E-state index contributed by atoms with van der Waals surface area (Å²) in [7, 11) is 0. The lowest BCUT2D eigenvalue weighted by Gasteiger charge is -2.40. The molecule has 0 amide bonds. The molecular formula is C11H19NO3. The summed E-state index contributed by atoms with van der Waals surface area (Å²) in [5.41, 5.74) is -0.0986. The lowest BCUT2D eigenvalue weighted by atomic mass is 9.78. The van der Waals surface area contributed by atoms with E-state index < -0.39 is 5.97 Å². The van der Waals surface area contributed by atoms with Gasteiger partial charge in [0, 0.05) is 24.5 Å². The van der Waals surface area contributed by atoms with Crippen molar-refractivity contribution in [1.29, 1.82) is 0 Å². The lowest BCUT2D eigenvalue weighted by molar-refractivity contribution is -0.148. The summed E-state index contributed by atoms with van der Waals surface area (Å²) in [5.74, 6) is -0.906. The van der Waals surface area contributed by atoms with E-state index in [1.165, 1.54) is 0 Å². The Balaban J connectivity index is 2.00. The molecular weight excluding hydrogens is 194 g/mol. The maximum absolute atomic E-state index is 10.9. The molecule has 0 aromatic rings. The van der Waals surface area contributed by atoms with Gasteiger partial charge in [0.2, 0.25) is 0 Å². The van der Waals surface area contributed by atoms with Crippen LogP contribution in [0.5, 0.6) is 0 Å². The molecule has 1 aliphatic carbocycles. The second-order valence-corrected chi connectivity index (χ2v) is 5.52. The molecule has 1 saturated carbocycles. The number of aliphatic carboxylic acids is 1. The Bertz CT molecular complexity index is 277. The first-order valence-corrected chi connectivity index (χ1v) is 5.57. The van der Waals surface area contributed by atoms with Gasteiger partial charge in [0.15, 0.2) is 0 Å². The molecule has 1 saturated heterocycles. The number of carbonyl (C=O) groups is 1. The Hall–Kier alpha value is -0.610. The maximum Gasteiger partial charge on any atom is 0.308 e. The zero-order chi connectivity index (χ0) is 11.2. The van der Waals surface area contributed by atoms with E-state index in [0.29, 0.717) is 6.54 Å². The smallest absolute Gasteiger partial charge is 0.308 e. The van der Waals surface area contributed by atoms with Crippen molar-refractivity contribution in [3.05, 3.63) is 0 Å². The van der Waals surface area contributed by atoms with E-state index in [4.69, 9.17) is 5.11 Å². The van der Waals surface area contributed by atoms with E-state index in [-0.39, 0.29) is 23.5 Å². The summed E-state index contributed by atoms with van der Waals surface area (Å²) in [6.45, 7) is 5.50. The van der Waals surface area contributed by atoms with Crippen LogP contribution in [0.3, 0.4) is 0 Å². The third-order valence-electron chi connectivity index (χ3n) is 3.94. The first-order valence-electron chi connectivity index (χ1n) is 5.57. The molecule has 3 atom stereocenters. The topological polar surface area (TPSA) is 60.8 Å². The van der Waals surface area contributed by atoms with E-state index in [9.17, 15) is 9.90 Å². The third kappa shape index (κ3) is 1.76. The van der Waals surface area contributed by atoms with E-state index in [1.807, 2.05) is 13.8 Å². The monoisotopic (exact) mass is 213 g/mol. The second-order valence-electron chi connectivity index (χ2n) is 5.52. The predicted octanol–water partition coefficient (Wildman–Crippen LogP) is 0.552. The number of rotatable bonds is 2. The van der Waals surface area contributed by atoms with Gasteiger partial charge < -0.3 is 10.2 Å². The van der Waals surface area contributed by atoms with Gasteiger partial charge >= 0.3 is 5.97 Å². The van der Waals surface area contributed by atoms with Crippen molar-refractivity contribution in [2.45, 2.75) is 38.8 Å². The number of aliphatic hydroxyl groups is 1. The quantitative estimate of drug-likeness (QED) is 0.703. The first kappa shape index (κ1) is 10.9. The molecule has 4 heteroatoms. The average molecular weight is 213 g/mol. The van der Waals surface area contributed by atoms with Gasteiger partial charge in [-0.15, -0.1) is 0 Å². The number of likely N-dealkylation sites (tertiary alicyclic amines) is 1. The highest BCUT2D eigenvalue weighted by atomic mass is 16.4. The summed E-state index contributed by atoms with van der Waals surface area (Å²) in [4.78, 5) is 13.0. The minimum Gasteiger partial charge on any atom is -0.481 e. The Morgan fingerprint density at radius 3 is 2.40 bits per heavy atom. The fourth-order valence-electron chi connectivity index (χ4n) is 2.62. The molecule has 2 aliphatic rings. The van der Waals surface area contributed by atoms with Gasteiger partial charge in [0.05, 0.1) is 12.0 Å². The Labute approximate surface area is 89.9 Å². The van der Waals surface area contributed by atoms with E-state index >= 15 is 0 Å². The standard InChI is InChI=1S/C11H19NO3/c1-11(2)6-12(5-9(11)13)8-4-3-7(8)10(14)15/h7-9,13H,3-6H2,1-2H3,(H,14,15). The average Bonchev–Trinajstić information content (AvgIpc) is 2.21. The zero-order valence-electron chi connectivity index (χ0n) is 9.31. The minimum atomic E-state index is -0.689. The van der Waals surface area contributed by atoms with Crippen LogP contribution in [0, 0.1) is 11.3 Å². The summed E-state index contributed by atoms with van der Waals surface area (Å²) >= 11 is 0. The number of hydrogen-bond donors (Lipinski definition) is 2. The molecule has 1 aliphatic heterocycles. The van der Waals surface area contributed by atoms with Gasteiger partial charge in [-0.2, -0.15) is 0 Å². The number of hydrogen-bond acceptors (Lipinski definition) is 3. The van der Waals surface area contributed by atoms with E-state index in [1.54, 1.807) is 0 Å². The van der Waals surface area contributed by atoms with E-state index in [2.05, 4.69) is 4.90 Å². The van der Waals surface area contributed by atoms with Gasteiger partial charge in [-0.25, -0.2) is 0 Å². The molecule has 2 rings (SSSR count). The van der Waals surface area contributed by atoms with Gasteiger partial charge in [-0.1, -0.05) is 13.8 Å². The van der Waals surface area contributed by atoms with Crippen molar-refractivity contribution in [3.63, 3.8) is 0 Å². The predicted molar refractivity (Wildman–Crippen MR) is 55.5 cm³/mol. The Morgan fingerprint density at radius 2 is 2.07 bits per heavy atom. The van der Waals surface area contributed by atoms with Crippen molar-refractivity contribution < 1.29 is 15.0 Å². The van der Waals surface area contributed by atoms with E-state index in [0.717, 1.165) is 19.4 Å². The largest absolute Gasteiger partial charge is 0.481 e. The summed E-state index contributed by atoms with van der Waals surface area (Å²) in [6, 6.07) is 0.152. The molecule has 1 heterocycles. The number of aliphatic hydroxyl groups excluding tert-OH is 1. The number of β-amino-alcohol motifs (C(OH)–C–C–N with tert-alkyl or cyclic N) is 1.